The van der Waals surface area contributed by atoms with Crippen LogP contribution in [0.4, 0.5) is 8.78 Å². The van der Waals surface area contributed by atoms with Crippen LogP contribution in [0.5, 0.6) is 5.75 Å². The third-order valence-corrected chi connectivity index (χ3v) is 4.46. The average Bonchev–Trinajstić information content (AvgIpc) is 2.66. The van der Waals surface area contributed by atoms with Gasteiger partial charge in [0.1, 0.15) is 5.75 Å². The third kappa shape index (κ3) is 5.03. The minimum atomic E-state index is -2.92. The minimum absolute atomic E-state index is 0.0322. The van der Waals surface area contributed by atoms with E-state index < -0.39 is 12.5 Å². The summed E-state index contributed by atoms with van der Waals surface area (Å²) < 4.78 is 28.5. The Bertz CT molecular complexity index is 809. The molecule has 2 amide bonds. The fourth-order valence-corrected chi connectivity index (χ4v) is 3.20. The van der Waals surface area contributed by atoms with Crippen molar-refractivity contribution in [3.05, 3.63) is 65.2 Å². The lowest BCUT2D eigenvalue weighted by molar-refractivity contribution is -0.121. The molecule has 27 heavy (non-hydrogen) atoms. The first-order valence-electron chi connectivity index (χ1n) is 8.73. The van der Waals surface area contributed by atoms with Gasteiger partial charge in [-0.2, -0.15) is 8.78 Å². The van der Waals surface area contributed by atoms with E-state index in [1.807, 2.05) is 18.2 Å². The van der Waals surface area contributed by atoms with Gasteiger partial charge in [0.05, 0.1) is 12.6 Å². The highest BCUT2D eigenvalue weighted by atomic mass is 19.3. The number of fused-ring (bicyclic) bond motifs is 1. The maximum atomic E-state index is 12.2. The molecule has 0 heterocycles. The van der Waals surface area contributed by atoms with Gasteiger partial charge in [0.15, 0.2) is 0 Å². The van der Waals surface area contributed by atoms with E-state index >= 15 is 0 Å². The van der Waals surface area contributed by atoms with Crippen molar-refractivity contribution in [2.45, 2.75) is 31.9 Å². The van der Waals surface area contributed by atoms with Crippen LogP contribution in [0.3, 0.4) is 0 Å². The highest BCUT2D eigenvalue weighted by Crippen LogP contribution is 2.29. The molecule has 0 saturated heterocycles. The molecule has 1 aliphatic carbocycles. The summed E-state index contributed by atoms with van der Waals surface area (Å²) in [5.41, 5.74) is 2.62. The summed E-state index contributed by atoms with van der Waals surface area (Å²) in [6.45, 7) is -3.08. The molecule has 0 aliphatic heterocycles. The van der Waals surface area contributed by atoms with Gasteiger partial charge in [0.2, 0.25) is 5.91 Å². The van der Waals surface area contributed by atoms with Crippen molar-refractivity contribution >= 4 is 11.8 Å². The summed E-state index contributed by atoms with van der Waals surface area (Å²) in [4.78, 5) is 24.3. The molecule has 1 atom stereocenters. The maximum Gasteiger partial charge on any atom is 0.387 e. The average molecular weight is 374 g/mol. The molecule has 2 aromatic carbocycles. The molecule has 0 unspecified atom stereocenters. The number of carbonyl (C=O) groups excluding carboxylic acids is 2. The van der Waals surface area contributed by atoms with Crippen LogP contribution in [-0.2, 0) is 11.2 Å². The molecule has 0 saturated carbocycles. The Hall–Kier alpha value is -2.96. The van der Waals surface area contributed by atoms with Gasteiger partial charge in [-0.15, -0.1) is 0 Å². The second-order valence-corrected chi connectivity index (χ2v) is 6.30. The summed E-state index contributed by atoms with van der Waals surface area (Å²) in [5, 5.41) is 5.49. The Morgan fingerprint density at radius 3 is 2.59 bits per heavy atom. The lowest BCUT2D eigenvalue weighted by Gasteiger charge is -2.26. The van der Waals surface area contributed by atoms with Crippen LogP contribution in [0.2, 0.25) is 0 Å². The van der Waals surface area contributed by atoms with E-state index in [-0.39, 0.29) is 29.8 Å². The second kappa shape index (κ2) is 8.62. The van der Waals surface area contributed by atoms with Crippen LogP contribution in [0.1, 0.15) is 40.4 Å². The lowest BCUT2D eigenvalue weighted by Crippen LogP contribution is -2.39. The van der Waals surface area contributed by atoms with Crippen molar-refractivity contribution in [1.29, 1.82) is 0 Å². The molecule has 0 radical (unpaired) electrons. The zero-order chi connectivity index (χ0) is 19.2. The van der Waals surface area contributed by atoms with Gasteiger partial charge >= 0.3 is 6.61 Å². The molecule has 3 rings (SSSR count). The number of hydrogen-bond acceptors (Lipinski definition) is 3. The number of halogens is 2. The summed E-state index contributed by atoms with van der Waals surface area (Å²) in [7, 11) is 0. The normalized spacial score (nSPS) is 15.7. The van der Waals surface area contributed by atoms with Gasteiger partial charge < -0.3 is 15.4 Å². The summed E-state index contributed by atoms with van der Waals surface area (Å²) >= 11 is 0. The predicted molar refractivity (Wildman–Crippen MR) is 95.7 cm³/mol. The first-order valence-corrected chi connectivity index (χ1v) is 8.73. The predicted octanol–water partition coefficient (Wildman–Crippen LogP) is 3.21. The Morgan fingerprint density at radius 1 is 1.11 bits per heavy atom. The molecule has 5 nitrogen and oxygen atoms in total. The van der Waals surface area contributed by atoms with Gasteiger partial charge in [-0.05, 0) is 54.7 Å². The van der Waals surface area contributed by atoms with Crippen molar-refractivity contribution in [2.24, 2.45) is 0 Å². The van der Waals surface area contributed by atoms with Gasteiger partial charge in [-0.1, -0.05) is 24.3 Å². The monoisotopic (exact) mass is 374 g/mol. The van der Waals surface area contributed by atoms with Crippen LogP contribution in [0.15, 0.2) is 48.5 Å². The number of alkyl halides is 2. The van der Waals surface area contributed by atoms with Gasteiger partial charge in [-0.25, -0.2) is 0 Å². The van der Waals surface area contributed by atoms with E-state index in [0.717, 1.165) is 24.8 Å². The van der Waals surface area contributed by atoms with Crippen molar-refractivity contribution in [3.8, 4) is 5.75 Å². The number of carbonyl (C=O) groups is 2. The highest BCUT2D eigenvalue weighted by Gasteiger charge is 2.21. The summed E-state index contributed by atoms with van der Waals surface area (Å²) in [5.74, 6) is -0.768. The van der Waals surface area contributed by atoms with E-state index in [1.165, 1.54) is 29.8 Å². The van der Waals surface area contributed by atoms with Crippen LogP contribution >= 0.6 is 0 Å². The fraction of sp³-hybridized carbons (Fsp3) is 0.300. The number of aryl methyl sites for hydroxylation is 1. The van der Waals surface area contributed by atoms with Gasteiger partial charge in [-0.3, -0.25) is 9.59 Å². The van der Waals surface area contributed by atoms with Crippen LogP contribution in [-0.4, -0.2) is 25.0 Å². The van der Waals surface area contributed by atoms with E-state index in [4.69, 9.17) is 0 Å². The van der Waals surface area contributed by atoms with E-state index in [1.54, 1.807) is 0 Å². The fourth-order valence-electron chi connectivity index (χ4n) is 3.20. The van der Waals surface area contributed by atoms with Gasteiger partial charge in [0.25, 0.3) is 5.91 Å². The Morgan fingerprint density at radius 2 is 1.85 bits per heavy atom. The molecule has 0 fully saturated rings. The van der Waals surface area contributed by atoms with Crippen molar-refractivity contribution in [1.82, 2.24) is 10.6 Å². The number of nitrogens with one attached hydrogen (secondary N) is 2. The van der Waals surface area contributed by atoms with Crippen LogP contribution in [0, 0.1) is 0 Å². The molecule has 2 N–H and O–H groups in total. The Balaban J connectivity index is 1.51. The van der Waals surface area contributed by atoms with E-state index in [9.17, 15) is 18.4 Å². The van der Waals surface area contributed by atoms with Crippen molar-refractivity contribution in [2.75, 3.05) is 6.54 Å². The molecular formula is C20H20F2N2O3. The minimum Gasteiger partial charge on any atom is -0.435 e. The SMILES string of the molecule is O=C(CNC(=O)c1ccc(OC(F)F)cc1)N[C@@H]1CCCc2ccccc21. The third-order valence-electron chi connectivity index (χ3n) is 4.46. The zero-order valence-corrected chi connectivity index (χ0v) is 14.6. The first-order chi connectivity index (χ1) is 13.0. The first kappa shape index (κ1) is 18.8. The topological polar surface area (TPSA) is 67.4 Å². The molecule has 0 aromatic heterocycles. The standard InChI is InChI=1S/C20H20F2N2O3/c21-20(22)27-15-10-8-14(9-11-15)19(26)23-12-18(25)24-17-7-3-5-13-4-1-2-6-16(13)17/h1-2,4,6,8-11,17,20H,3,5,7,12H2,(H,23,26)(H,24,25)/t17-/m1/s1. The van der Waals surface area contributed by atoms with E-state index in [2.05, 4.69) is 21.4 Å². The molecular weight excluding hydrogens is 354 g/mol. The largest absolute Gasteiger partial charge is 0.435 e. The summed E-state index contributed by atoms with van der Waals surface area (Å²) in [6, 6.07) is 13.3. The molecule has 0 spiro atoms. The smallest absolute Gasteiger partial charge is 0.387 e. The summed E-state index contributed by atoms with van der Waals surface area (Å²) in [6.07, 6.45) is 2.87. The highest BCUT2D eigenvalue weighted by molar-refractivity contribution is 5.96. The molecule has 0 bridgehead atoms. The van der Waals surface area contributed by atoms with Crippen molar-refractivity contribution in [3.63, 3.8) is 0 Å². The van der Waals surface area contributed by atoms with Crippen molar-refractivity contribution < 1.29 is 23.1 Å². The Kier molecular flexibility index (Phi) is 6.01. The molecule has 2 aromatic rings. The number of hydrogen-bond donors (Lipinski definition) is 2. The van der Waals surface area contributed by atoms with Crippen LogP contribution in [0.25, 0.3) is 0 Å². The number of benzene rings is 2. The maximum absolute atomic E-state index is 12.2. The zero-order valence-electron chi connectivity index (χ0n) is 14.6. The van der Waals surface area contributed by atoms with Gasteiger partial charge in [0, 0.05) is 5.56 Å². The molecule has 1 aliphatic rings. The molecule has 142 valence electrons. The number of rotatable bonds is 6. The number of amides is 2. The second-order valence-electron chi connectivity index (χ2n) is 6.30. The quantitative estimate of drug-likeness (QED) is 0.816. The lowest BCUT2D eigenvalue weighted by atomic mass is 9.88. The van der Waals surface area contributed by atoms with Crippen LogP contribution < -0.4 is 15.4 Å². The Labute approximate surface area is 155 Å². The number of ether oxygens (including phenoxy) is 1. The molecule has 7 heteroatoms. The van der Waals surface area contributed by atoms with E-state index in [0.29, 0.717) is 0 Å².